The van der Waals surface area contributed by atoms with Crippen LogP contribution < -0.4 is 10.9 Å². The monoisotopic (exact) mass is 351 g/mol. The topological polar surface area (TPSA) is 72.7 Å². The van der Waals surface area contributed by atoms with Crippen molar-refractivity contribution in [2.45, 2.75) is 75.8 Å². The molecule has 6 nitrogen and oxygen atoms in total. The summed E-state index contributed by atoms with van der Waals surface area (Å²) in [5, 5.41) is 16.9. The van der Waals surface area contributed by atoms with Crippen LogP contribution in [0.1, 0.15) is 73.9 Å². The number of rotatable bonds is 4. The molecule has 0 aliphatic heterocycles. The fourth-order valence-corrected chi connectivity index (χ4v) is 4.37. The van der Waals surface area contributed by atoms with E-state index in [0.29, 0.717) is 12.0 Å². The minimum absolute atomic E-state index is 0.0728. The predicted octanol–water partition coefficient (Wildman–Crippen LogP) is 3.00. The molecular weight excluding hydrogens is 326 g/mol. The molecule has 2 heterocycles. The molecule has 26 heavy (non-hydrogen) atoms. The summed E-state index contributed by atoms with van der Waals surface area (Å²) in [7, 11) is 0. The number of hydrogen-bond acceptors (Lipinski definition) is 5. The van der Waals surface area contributed by atoms with Gasteiger partial charge in [0.25, 0.3) is 5.56 Å². The molecule has 2 fully saturated rings. The SMILES string of the molecule is O=c1cc2c(nn1C1CCC(Nc3ccc(C4CC4)nn3)CC1)CCC2. The second-order valence-electron chi connectivity index (χ2n) is 8.02. The number of fused-ring (bicyclic) bond motifs is 1. The lowest BCUT2D eigenvalue weighted by molar-refractivity contribution is 0.301. The number of aryl methyl sites for hydroxylation is 2. The van der Waals surface area contributed by atoms with Crippen LogP contribution in [0.3, 0.4) is 0 Å². The maximum Gasteiger partial charge on any atom is 0.267 e. The van der Waals surface area contributed by atoms with Crippen LogP contribution in [0.2, 0.25) is 0 Å². The Morgan fingerprint density at radius 2 is 1.85 bits per heavy atom. The lowest BCUT2D eigenvalue weighted by atomic mass is 9.91. The molecule has 136 valence electrons. The molecule has 2 aromatic rings. The highest BCUT2D eigenvalue weighted by atomic mass is 16.1. The third kappa shape index (κ3) is 3.13. The van der Waals surface area contributed by atoms with Gasteiger partial charge in [0, 0.05) is 18.0 Å². The van der Waals surface area contributed by atoms with Gasteiger partial charge in [-0.05, 0) is 75.5 Å². The molecule has 0 atom stereocenters. The Morgan fingerprint density at radius 1 is 1.00 bits per heavy atom. The molecule has 0 unspecified atom stereocenters. The molecule has 0 amide bonds. The van der Waals surface area contributed by atoms with Crippen LogP contribution in [0.5, 0.6) is 0 Å². The molecule has 1 N–H and O–H groups in total. The standard InChI is InChI=1S/C20H25N5O/c26-20-12-14-2-1-3-18(14)24-25(20)16-8-6-15(7-9-16)21-19-11-10-17(22-23-19)13-4-5-13/h10-13,15-16H,1-9H2,(H,21,23). The molecule has 3 aliphatic carbocycles. The summed E-state index contributed by atoms with van der Waals surface area (Å²) in [5.74, 6) is 1.51. The Labute approximate surface area is 153 Å². The summed E-state index contributed by atoms with van der Waals surface area (Å²) in [6.07, 6.45) is 9.68. The van der Waals surface area contributed by atoms with E-state index in [1.165, 1.54) is 12.8 Å². The van der Waals surface area contributed by atoms with Gasteiger partial charge in [-0.2, -0.15) is 10.2 Å². The second-order valence-corrected chi connectivity index (χ2v) is 8.02. The van der Waals surface area contributed by atoms with Gasteiger partial charge in [0.1, 0.15) is 5.82 Å². The van der Waals surface area contributed by atoms with E-state index in [2.05, 4.69) is 32.7 Å². The molecule has 5 rings (SSSR count). The molecule has 2 aromatic heterocycles. The van der Waals surface area contributed by atoms with Gasteiger partial charge in [-0.3, -0.25) is 4.79 Å². The highest BCUT2D eigenvalue weighted by Gasteiger charge is 2.27. The van der Waals surface area contributed by atoms with E-state index in [1.54, 1.807) is 4.68 Å². The van der Waals surface area contributed by atoms with Crippen molar-refractivity contribution in [2.75, 3.05) is 5.32 Å². The van der Waals surface area contributed by atoms with Crippen LogP contribution in [0.15, 0.2) is 23.0 Å². The van der Waals surface area contributed by atoms with Gasteiger partial charge in [-0.25, -0.2) is 4.68 Å². The lowest BCUT2D eigenvalue weighted by Gasteiger charge is -2.30. The summed E-state index contributed by atoms with van der Waals surface area (Å²) in [6.45, 7) is 0. The van der Waals surface area contributed by atoms with Gasteiger partial charge in [0.15, 0.2) is 0 Å². The minimum Gasteiger partial charge on any atom is -0.366 e. The van der Waals surface area contributed by atoms with Crippen molar-refractivity contribution < 1.29 is 0 Å². The van der Waals surface area contributed by atoms with Gasteiger partial charge in [0.05, 0.1) is 17.4 Å². The number of nitrogens with zero attached hydrogens (tertiary/aromatic N) is 4. The van der Waals surface area contributed by atoms with Crippen molar-refractivity contribution >= 4 is 5.82 Å². The smallest absolute Gasteiger partial charge is 0.267 e. The molecule has 6 heteroatoms. The first kappa shape index (κ1) is 16.0. The fraction of sp³-hybridized carbons (Fsp3) is 0.600. The summed E-state index contributed by atoms with van der Waals surface area (Å²) < 4.78 is 1.75. The van der Waals surface area contributed by atoms with Crippen LogP contribution >= 0.6 is 0 Å². The normalized spacial score (nSPS) is 25.1. The Bertz CT molecular complexity index is 847. The molecule has 0 spiro atoms. The first-order valence-electron chi connectivity index (χ1n) is 9.98. The van der Waals surface area contributed by atoms with E-state index < -0.39 is 0 Å². The van der Waals surface area contributed by atoms with E-state index >= 15 is 0 Å². The van der Waals surface area contributed by atoms with Crippen LogP contribution in [-0.4, -0.2) is 26.0 Å². The summed E-state index contributed by atoms with van der Waals surface area (Å²) >= 11 is 0. The summed E-state index contributed by atoms with van der Waals surface area (Å²) in [4.78, 5) is 12.4. The highest BCUT2D eigenvalue weighted by Crippen LogP contribution is 2.38. The van der Waals surface area contributed by atoms with Crippen LogP contribution in [0.4, 0.5) is 5.82 Å². The van der Waals surface area contributed by atoms with Crippen molar-refractivity contribution in [1.82, 2.24) is 20.0 Å². The molecule has 2 saturated carbocycles. The average Bonchev–Trinajstić information content (AvgIpc) is 3.41. The van der Waals surface area contributed by atoms with Crippen molar-refractivity contribution in [3.63, 3.8) is 0 Å². The zero-order valence-corrected chi connectivity index (χ0v) is 15.0. The molecule has 0 bridgehead atoms. The van der Waals surface area contributed by atoms with E-state index in [-0.39, 0.29) is 11.6 Å². The molecule has 0 saturated heterocycles. The maximum absolute atomic E-state index is 12.4. The van der Waals surface area contributed by atoms with E-state index in [4.69, 9.17) is 0 Å². The molecule has 0 radical (unpaired) electrons. The largest absolute Gasteiger partial charge is 0.366 e. The quantitative estimate of drug-likeness (QED) is 0.917. The Hall–Kier alpha value is -2.24. The van der Waals surface area contributed by atoms with E-state index in [0.717, 1.165) is 67.7 Å². The van der Waals surface area contributed by atoms with Gasteiger partial charge in [-0.15, -0.1) is 5.10 Å². The first-order valence-corrected chi connectivity index (χ1v) is 9.98. The zero-order chi connectivity index (χ0) is 17.5. The molecule has 0 aromatic carbocycles. The van der Waals surface area contributed by atoms with Gasteiger partial charge in [0.2, 0.25) is 0 Å². The Kier molecular flexibility index (Phi) is 3.98. The number of hydrogen-bond donors (Lipinski definition) is 1. The zero-order valence-electron chi connectivity index (χ0n) is 15.0. The van der Waals surface area contributed by atoms with Crippen LogP contribution in [0.25, 0.3) is 0 Å². The van der Waals surface area contributed by atoms with Crippen LogP contribution in [-0.2, 0) is 12.8 Å². The molecular formula is C20H25N5O. The van der Waals surface area contributed by atoms with Gasteiger partial charge in [-0.1, -0.05) is 0 Å². The summed E-state index contributed by atoms with van der Waals surface area (Å²) in [5.41, 5.74) is 3.50. The predicted molar refractivity (Wildman–Crippen MR) is 99.4 cm³/mol. The molecule has 3 aliphatic rings. The van der Waals surface area contributed by atoms with E-state index in [9.17, 15) is 4.79 Å². The third-order valence-corrected chi connectivity index (χ3v) is 6.06. The van der Waals surface area contributed by atoms with Crippen molar-refractivity contribution in [2.24, 2.45) is 0 Å². The van der Waals surface area contributed by atoms with Gasteiger partial charge < -0.3 is 5.32 Å². The van der Waals surface area contributed by atoms with E-state index in [1.807, 2.05) is 6.07 Å². The Balaban J connectivity index is 1.21. The van der Waals surface area contributed by atoms with Crippen LogP contribution in [0, 0.1) is 0 Å². The minimum atomic E-state index is 0.0728. The van der Waals surface area contributed by atoms with Crippen molar-refractivity contribution in [1.29, 1.82) is 0 Å². The van der Waals surface area contributed by atoms with Crippen molar-refractivity contribution in [3.05, 3.63) is 45.5 Å². The lowest BCUT2D eigenvalue weighted by Crippen LogP contribution is -2.34. The average molecular weight is 351 g/mol. The second kappa shape index (κ2) is 6.49. The maximum atomic E-state index is 12.4. The Morgan fingerprint density at radius 3 is 2.58 bits per heavy atom. The fourth-order valence-electron chi connectivity index (χ4n) is 4.37. The van der Waals surface area contributed by atoms with Crippen molar-refractivity contribution in [3.8, 4) is 0 Å². The summed E-state index contributed by atoms with van der Waals surface area (Å²) in [6, 6.07) is 6.61. The van der Waals surface area contributed by atoms with Gasteiger partial charge >= 0.3 is 0 Å². The first-order chi connectivity index (χ1) is 12.8. The number of nitrogens with one attached hydrogen (secondary N) is 1. The number of aromatic nitrogens is 4. The third-order valence-electron chi connectivity index (χ3n) is 6.06. The number of anilines is 1. The highest BCUT2D eigenvalue weighted by molar-refractivity contribution is 5.35.